The lowest BCUT2D eigenvalue weighted by Gasteiger charge is -2.11. The third-order valence-electron chi connectivity index (χ3n) is 3.90. The topological polar surface area (TPSA) is 49.8 Å². The van der Waals surface area contributed by atoms with E-state index in [9.17, 15) is 0 Å². The first-order valence-electron chi connectivity index (χ1n) is 8.41. The van der Waals surface area contributed by atoms with Gasteiger partial charge in [0.1, 0.15) is 5.82 Å². The lowest BCUT2D eigenvalue weighted by atomic mass is 10.1. The Morgan fingerprint density at radius 1 is 1.04 bits per heavy atom. The molecule has 0 spiro atoms. The molecule has 0 fully saturated rings. The van der Waals surface area contributed by atoms with E-state index in [1.807, 2.05) is 36.4 Å². The van der Waals surface area contributed by atoms with Crippen LogP contribution in [0.2, 0.25) is 5.02 Å². The summed E-state index contributed by atoms with van der Waals surface area (Å²) in [4.78, 5) is 8.82. The number of rotatable bonds is 7. The van der Waals surface area contributed by atoms with Crippen molar-refractivity contribution in [2.24, 2.45) is 0 Å². The van der Waals surface area contributed by atoms with E-state index in [4.69, 9.17) is 11.6 Å². The van der Waals surface area contributed by atoms with Gasteiger partial charge in [-0.3, -0.25) is 0 Å². The van der Waals surface area contributed by atoms with Crippen LogP contribution in [0.25, 0.3) is 0 Å². The Morgan fingerprint density at radius 3 is 2.76 bits per heavy atom. The molecule has 25 heavy (non-hydrogen) atoms. The zero-order valence-electron chi connectivity index (χ0n) is 14.2. The predicted octanol–water partition coefficient (Wildman–Crippen LogP) is 5.09. The third kappa shape index (κ3) is 4.94. The molecule has 0 aliphatic carbocycles. The number of hydrogen-bond acceptors (Lipinski definition) is 4. The van der Waals surface area contributed by atoms with Crippen LogP contribution in [0.4, 0.5) is 17.5 Å². The molecule has 0 bridgehead atoms. The van der Waals surface area contributed by atoms with Gasteiger partial charge >= 0.3 is 0 Å². The Kier molecular flexibility index (Phi) is 5.86. The fourth-order valence-corrected chi connectivity index (χ4v) is 2.83. The minimum atomic E-state index is 0.612. The largest absolute Gasteiger partial charge is 0.354 e. The number of para-hydroxylation sites is 1. The highest BCUT2D eigenvalue weighted by Crippen LogP contribution is 2.20. The van der Waals surface area contributed by atoms with Gasteiger partial charge in [0.25, 0.3) is 0 Å². The molecule has 5 heteroatoms. The van der Waals surface area contributed by atoms with Crippen molar-refractivity contribution in [3.8, 4) is 0 Å². The molecule has 3 aromatic rings. The van der Waals surface area contributed by atoms with Crippen LogP contribution in [0, 0.1) is 0 Å². The van der Waals surface area contributed by atoms with Crippen LogP contribution < -0.4 is 10.6 Å². The molecule has 3 rings (SSSR count). The van der Waals surface area contributed by atoms with Crippen molar-refractivity contribution in [3.63, 3.8) is 0 Å². The van der Waals surface area contributed by atoms with Crippen molar-refractivity contribution in [1.82, 2.24) is 9.97 Å². The maximum Gasteiger partial charge on any atom is 0.224 e. The van der Waals surface area contributed by atoms with Crippen LogP contribution in [0.15, 0.2) is 60.8 Å². The van der Waals surface area contributed by atoms with E-state index in [-0.39, 0.29) is 0 Å². The fraction of sp³-hybridized carbons (Fsp3) is 0.200. The third-order valence-corrected chi connectivity index (χ3v) is 4.14. The van der Waals surface area contributed by atoms with E-state index in [1.165, 1.54) is 11.1 Å². The molecule has 0 radical (unpaired) electrons. The number of nitrogens with zero attached hydrogens (tertiary/aromatic N) is 2. The zero-order chi connectivity index (χ0) is 17.5. The fourth-order valence-electron chi connectivity index (χ4n) is 2.61. The molecule has 0 saturated carbocycles. The van der Waals surface area contributed by atoms with Gasteiger partial charge in [0, 0.05) is 23.5 Å². The number of anilines is 3. The molecule has 2 N–H and O–H groups in total. The van der Waals surface area contributed by atoms with Gasteiger partial charge in [0.05, 0.1) is 0 Å². The molecule has 0 aliphatic heterocycles. The summed E-state index contributed by atoms with van der Waals surface area (Å²) in [5.41, 5.74) is 3.52. The maximum atomic E-state index is 6.01. The Balaban J connectivity index is 1.61. The molecular weight excluding hydrogens is 332 g/mol. The van der Waals surface area contributed by atoms with E-state index in [2.05, 4.69) is 45.7 Å². The van der Waals surface area contributed by atoms with Crippen LogP contribution >= 0.6 is 11.6 Å². The summed E-state index contributed by atoms with van der Waals surface area (Å²) in [7, 11) is 0. The van der Waals surface area contributed by atoms with Gasteiger partial charge in [-0.2, -0.15) is 4.98 Å². The Bertz CT molecular complexity index is 835. The minimum Gasteiger partial charge on any atom is -0.354 e. The van der Waals surface area contributed by atoms with Crippen LogP contribution in [0.5, 0.6) is 0 Å². The summed E-state index contributed by atoms with van der Waals surface area (Å²) in [6, 6.07) is 18.0. The van der Waals surface area contributed by atoms with E-state index < -0.39 is 0 Å². The monoisotopic (exact) mass is 352 g/mol. The van der Waals surface area contributed by atoms with Crippen LogP contribution in [-0.2, 0) is 12.8 Å². The van der Waals surface area contributed by atoms with Gasteiger partial charge < -0.3 is 10.6 Å². The molecule has 128 valence electrons. The second-order valence-corrected chi connectivity index (χ2v) is 6.14. The summed E-state index contributed by atoms with van der Waals surface area (Å²) in [6.07, 6.45) is 3.59. The van der Waals surface area contributed by atoms with E-state index in [1.54, 1.807) is 6.20 Å². The van der Waals surface area contributed by atoms with Crippen molar-refractivity contribution >= 4 is 29.1 Å². The number of benzene rings is 2. The van der Waals surface area contributed by atoms with Gasteiger partial charge in [0.2, 0.25) is 5.95 Å². The number of nitrogens with one attached hydrogen (secondary N) is 2. The van der Waals surface area contributed by atoms with Gasteiger partial charge in [0.15, 0.2) is 0 Å². The quantitative estimate of drug-likeness (QED) is 0.621. The number of halogens is 1. The smallest absolute Gasteiger partial charge is 0.224 e. The first kappa shape index (κ1) is 17.2. The van der Waals surface area contributed by atoms with Crippen molar-refractivity contribution in [3.05, 3.63) is 76.9 Å². The molecule has 1 heterocycles. The molecular formula is C20H21ClN4. The van der Waals surface area contributed by atoms with Crippen molar-refractivity contribution in [2.75, 3.05) is 17.2 Å². The molecule has 1 aromatic heterocycles. The Labute approximate surface area is 153 Å². The number of aryl methyl sites for hydroxylation is 1. The Hall–Kier alpha value is -2.59. The van der Waals surface area contributed by atoms with Crippen molar-refractivity contribution in [1.29, 1.82) is 0 Å². The highest BCUT2D eigenvalue weighted by Gasteiger charge is 2.03. The second-order valence-electron chi connectivity index (χ2n) is 5.71. The first-order valence-corrected chi connectivity index (χ1v) is 8.78. The van der Waals surface area contributed by atoms with Crippen LogP contribution in [0.3, 0.4) is 0 Å². The van der Waals surface area contributed by atoms with Crippen LogP contribution in [-0.4, -0.2) is 16.5 Å². The zero-order valence-corrected chi connectivity index (χ0v) is 14.9. The average molecular weight is 353 g/mol. The summed E-state index contributed by atoms with van der Waals surface area (Å²) in [5.74, 6) is 1.39. The molecule has 0 atom stereocenters. The molecule has 0 aliphatic rings. The summed E-state index contributed by atoms with van der Waals surface area (Å²) in [5, 5.41) is 7.39. The maximum absolute atomic E-state index is 6.01. The summed E-state index contributed by atoms with van der Waals surface area (Å²) >= 11 is 6.01. The van der Waals surface area contributed by atoms with E-state index in [0.717, 1.165) is 35.9 Å². The van der Waals surface area contributed by atoms with Gasteiger partial charge in [-0.15, -0.1) is 0 Å². The van der Waals surface area contributed by atoms with E-state index >= 15 is 0 Å². The highest BCUT2D eigenvalue weighted by molar-refractivity contribution is 6.30. The molecule has 0 saturated heterocycles. The minimum absolute atomic E-state index is 0.612. The average Bonchev–Trinajstić information content (AvgIpc) is 2.63. The summed E-state index contributed by atoms with van der Waals surface area (Å²) in [6.45, 7) is 2.89. The molecule has 0 unspecified atom stereocenters. The predicted molar refractivity (Wildman–Crippen MR) is 105 cm³/mol. The highest BCUT2D eigenvalue weighted by atomic mass is 35.5. The van der Waals surface area contributed by atoms with Gasteiger partial charge in [-0.05, 0) is 48.2 Å². The normalized spacial score (nSPS) is 10.5. The summed E-state index contributed by atoms with van der Waals surface area (Å²) < 4.78 is 0. The second kappa shape index (κ2) is 8.49. The standard InChI is InChI=1S/C20H21ClN4/c1-2-16-7-3-4-9-18(16)24-19-11-13-23-20(25-19)22-12-10-15-6-5-8-17(21)14-15/h3-9,11,13-14H,2,10,12H2,1H3,(H2,22,23,24,25). The SMILES string of the molecule is CCc1ccccc1Nc1ccnc(NCCc2cccc(Cl)c2)n1. The molecule has 4 nitrogen and oxygen atoms in total. The lowest BCUT2D eigenvalue weighted by Crippen LogP contribution is -2.09. The van der Waals surface area contributed by atoms with Gasteiger partial charge in [-0.25, -0.2) is 4.98 Å². The number of aromatic nitrogens is 2. The van der Waals surface area contributed by atoms with Crippen molar-refractivity contribution < 1.29 is 0 Å². The van der Waals surface area contributed by atoms with Crippen molar-refractivity contribution in [2.45, 2.75) is 19.8 Å². The molecule has 0 amide bonds. The number of hydrogen-bond donors (Lipinski definition) is 2. The Morgan fingerprint density at radius 2 is 1.92 bits per heavy atom. The van der Waals surface area contributed by atoms with Crippen LogP contribution in [0.1, 0.15) is 18.1 Å². The first-order chi connectivity index (χ1) is 12.2. The van der Waals surface area contributed by atoms with Gasteiger partial charge in [-0.1, -0.05) is 48.9 Å². The van der Waals surface area contributed by atoms with E-state index in [0.29, 0.717) is 5.95 Å². The lowest BCUT2D eigenvalue weighted by molar-refractivity contribution is 0.985. The molecule has 2 aromatic carbocycles.